The van der Waals surface area contributed by atoms with Crippen molar-refractivity contribution in [1.29, 1.82) is 0 Å². The Bertz CT molecular complexity index is 735. The molecule has 1 N–H and O–H groups in total. The third-order valence-corrected chi connectivity index (χ3v) is 3.98. The summed E-state index contributed by atoms with van der Waals surface area (Å²) in [6.45, 7) is 6.59. The quantitative estimate of drug-likeness (QED) is 0.656. The predicted octanol–water partition coefficient (Wildman–Crippen LogP) is 5.01. The molecule has 3 rings (SSSR count). The van der Waals surface area contributed by atoms with Crippen LogP contribution in [0.4, 0.5) is 0 Å². The van der Waals surface area contributed by atoms with Gasteiger partial charge in [0.15, 0.2) is 0 Å². The molecule has 2 aromatic carbocycles. The zero-order chi connectivity index (χ0) is 13.4. The van der Waals surface area contributed by atoms with E-state index in [0.717, 1.165) is 6.42 Å². The van der Waals surface area contributed by atoms with Crippen LogP contribution < -0.4 is 0 Å². The Morgan fingerprint density at radius 3 is 2.37 bits per heavy atom. The molecule has 1 aromatic heterocycles. The highest BCUT2D eigenvalue weighted by Gasteiger charge is 2.11. The smallest absolute Gasteiger partial charge is 0.0488 e. The van der Waals surface area contributed by atoms with Crippen LogP contribution in [0.15, 0.2) is 42.5 Å². The van der Waals surface area contributed by atoms with Crippen LogP contribution >= 0.6 is 0 Å². The number of aromatic amines is 1. The van der Waals surface area contributed by atoms with E-state index in [4.69, 9.17) is 0 Å². The Kier molecular flexibility index (Phi) is 2.90. The molecule has 0 atom stereocenters. The fourth-order valence-electron chi connectivity index (χ4n) is 2.95. The minimum atomic E-state index is 1.09. The van der Waals surface area contributed by atoms with E-state index in [2.05, 4.69) is 68.2 Å². The second-order valence-corrected chi connectivity index (χ2v) is 5.14. The Morgan fingerprint density at radius 1 is 0.947 bits per heavy atom. The molecule has 0 fully saturated rings. The number of H-pyrrole nitrogens is 1. The fraction of sp³-hybridized carbons (Fsp3) is 0.222. The van der Waals surface area contributed by atoms with Gasteiger partial charge in [-0.1, -0.05) is 43.3 Å². The summed E-state index contributed by atoms with van der Waals surface area (Å²) in [6.07, 6.45) is 1.09. The van der Waals surface area contributed by atoms with E-state index in [1.807, 2.05) is 0 Å². The molecule has 3 aromatic rings. The maximum atomic E-state index is 3.54. The Labute approximate surface area is 114 Å². The van der Waals surface area contributed by atoms with Gasteiger partial charge in [-0.15, -0.1) is 0 Å². The standard InChI is InChI=1S/C18H19N/c1-4-17-12(2)18(19-13(17)3)16-10-9-14-7-5-6-8-15(14)11-16/h5-11,19H,4H2,1-3H3. The van der Waals surface area contributed by atoms with Crippen molar-refractivity contribution in [2.45, 2.75) is 27.2 Å². The van der Waals surface area contributed by atoms with Crippen molar-refractivity contribution in [1.82, 2.24) is 4.98 Å². The number of hydrogen-bond donors (Lipinski definition) is 1. The van der Waals surface area contributed by atoms with E-state index >= 15 is 0 Å². The molecule has 0 aliphatic heterocycles. The average Bonchev–Trinajstić information content (AvgIpc) is 2.73. The van der Waals surface area contributed by atoms with Gasteiger partial charge in [-0.25, -0.2) is 0 Å². The minimum absolute atomic E-state index is 1.09. The number of benzene rings is 2. The summed E-state index contributed by atoms with van der Waals surface area (Å²) in [5.74, 6) is 0. The first-order chi connectivity index (χ1) is 9.20. The van der Waals surface area contributed by atoms with Gasteiger partial charge < -0.3 is 4.98 Å². The highest BCUT2D eigenvalue weighted by molar-refractivity contribution is 5.87. The minimum Gasteiger partial charge on any atom is -0.358 e. The fourth-order valence-corrected chi connectivity index (χ4v) is 2.95. The van der Waals surface area contributed by atoms with Gasteiger partial charge in [-0.3, -0.25) is 0 Å². The van der Waals surface area contributed by atoms with Gasteiger partial charge in [0.05, 0.1) is 0 Å². The number of nitrogens with one attached hydrogen (secondary N) is 1. The molecule has 0 spiro atoms. The summed E-state index contributed by atoms with van der Waals surface area (Å²) in [4.78, 5) is 3.54. The summed E-state index contributed by atoms with van der Waals surface area (Å²) in [6, 6.07) is 15.2. The van der Waals surface area contributed by atoms with Gasteiger partial charge in [0.1, 0.15) is 0 Å². The summed E-state index contributed by atoms with van der Waals surface area (Å²) in [5, 5.41) is 2.59. The number of fused-ring (bicyclic) bond motifs is 1. The molecule has 19 heavy (non-hydrogen) atoms. The lowest BCUT2D eigenvalue weighted by atomic mass is 10.0. The van der Waals surface area contributed by atoms with Crippen LogP contribution in [0.25, 0.3) is 22.0 Å². The highest BCUT2D eigenvalue weighted by Crippen LogP contribution is 2.29. The molecular formula is C18H19N. The van der Waals surface area contributed by atoms with Crippen molar-refractivity contribution >= 4 is 10.8 Å². The van der Waals surface area contributed by atoms with Gasteiger partial charge in [-0.2, -0.15) is 0 Å². The first-order valence-electron chi connectivity index (χ1n) is 6.88. The number of hydrogen-bond acceptors (Lipinski definition) is 0. The lowest BCUT2D eigenvalue weighted by Gasteiger charge is -2.04. The lowest BCUT2D eigenvalue weighted by molar-refractivity contribution is 1.08. The highest BCUT2D eigenvalue weighted by atomic mass is 14.7. The first-order valence-corrected chi connectivity index (χ1v) is 6.88. The number of aromatic nitrogens is 1. The predicted molar refractivity (Wildman–Crippen MR) is 82.6 cm³/mol. The van der Waals surface area contributed by atoms with Crippen LogP contribution in [0, 0.1) is 13.8 Å². The van der Waals surface area contributed by atoms with E-state index in [9.17, 15) is 0 Å². The zero-order valence-electron chi connectivity index (χ0n) is 11.7. The van der Waals surface area contributed by atoms with E-state index in [1.54, 1.807) is 0 Å². The molecule has 0 bridgehead atoms. The first kappa shape index (κ1) is 12.0. The van der Waals surface area contributed by atoms with Gasteiger partial charge in [0, 0.05) is 11.4 Å². The molecule has 0 aliphatic carbocycles. The molecule has 1 heterocycles. The molecule has 0 saturated carbocycles. The summed E-state index contributed by atoms with van der Waals surface area (Å²) < 4.78 is 0. The van der Waals surface area contributed by atoms with Crippen molar-refractivity contribution < 1.29 is 0 Å². The van der Waals surface area contributed by atoms with E-state index in [1.165, 1.54) is 38.9 Å². The third kappa shape index (κ3) is 1.95. The van der Waals surface area contributed by atoms with Gasteiger partial charge in [-0.05, 0) is 53.8 Å². The molecule has 1 nitrogen and oxygen atoms in total. The molecule has 0 aliphatic rings. The second-order valence-electron chi connectivity index (χ2n) is 5.14. The molecule has 0 unspecified atom stereocenters. The van der Waals surface area contributed by atoms with Crippen molar-refractivity contribution in [3.8, 4) is 11.3 Å². The topological polar surface area (TPSA) is 15.8 Å². The van der Waals surface area contributed by atoms with Crippen molar-refractivity contribution in [3.63, 3.8) is 0 Å². The number of aryl methyl sites for hydroxylation is 1. The largest absolute Gasteiger partial charge is 0.358 e. The van der Waals surface area contributed by atoms with E-state index in [-0.39, 0.29) is 0 Å². The molecule has 0 saturated heterocycles. The maximum Gasteiger partial charge on any atom is 0.0488 e. The third-order valence-electron chi connectivity index (χ3n) is 3.98. The van der Waals surface area contributed by atoms with Crippen molar-refractivity contribution in [2.75, 3.05) is 0 Å². The van der Waals surface area contributed by atoms with Crippen LogP contribution in [-0.4, -0.2) is 4.98 Å². The van der Waals surface area contributed by atoms with Crippen molar-refractivity contribution in [2.24, 2.45) is 0 Å². The van der Waals surface area contributed by atoms with Crippen LogP contribution in [0.3, 0.4) is 0 Å². The second kappa shape index (κ2) is 4.58. The average molecular weight is 249 g/mol. The van der Waals surface area contributed by atoms with Gasteiger partial charge in [0.2, 0.25) is 0 Å². The van der Waals surface area contributed by atoms with Gasteiger partial charge >= 0.3 is 0 Å². The van der Waals surface area contributed by atoms with Gasteiger partial charge in [0.25, 0.3) is 0 Å². The molecule has 0 radical (unpaired) electrons. The lowest BCUT2D eigenvalue weighted by Crippen LogP contribution is -1.84. The summed E-state index contributed by atoms with van der Waals surface area (Å²) in [7, 11) is 0. The van der Waals surface area contributed by atoms with E-state index < -0.39 is 0 Å². The van der Waals surface area contributed by atoms with Crippen LogP contribution in [0.5, 0.6) is 0 Å². The molecule has 0 amide bonds. The summed E-state index contributed by atoms with van der Waals surface area (Å²) in [5.41, 5.74) is 6.67. The molecular weight excluding hydrogens is 230 g/mol. The Hall–Kier alpha value is -2.02. The van der Waals surface area contributed by atoms with E-state index in [0.29, 0.717) is 0 Å². The Morgan fingerprint density at radius 2 is 1.68 bits per heavy atom. The normalized spacial score (nSPS) is 11.1. The number of rotatable bonds is 2. The molecule has 1 heteroatoms. The summed E-state index contributed by atoms with van der Waals surface area (Å²) >= 11 is 0. The van der Waals surface area contributed by atoms with Crippen LogP contribution in [0.2, 0.25) is 0 Å². The zero-order valence-corrected chi connectivity index (χ0v) is 11.7. The monoisotopic (exact) mass is 249 g/mol. The van der Waals surface area contributed by atoms with Crippen LogP contribution in [-0.2, 0) is 6.42 Å². The molecule has 96 valence electrons. The maximum absolute atomic E-state index is 3.54. The van der Waals surface area contributed by atoms with Crippen molar-refractivity contribution in [3.05, 3.63) is 59.3 Å². The SMILES string of the molecule is CCc1c(C)[nH]c(-c2ccc3ccccc3c2)c1C. The Balaban J connectivity index is 2.19. The van der Waals surface area contributed by atoms with Crippen LogP contribution in [0.1, 0.15) is 23.7 Å².